The normalized spacial score (nSPS) is 17.9. The van der Waals surface area contributed by atoms with Gasteiger partial charge in [0.1, 0.15) is 29.4 Å². The van der Waals surface area contributed by atoms with Crippen LogP contribution in [0.5, 0.6) is 11.8 Å². The SMILES string of the molecule is COc1nc(N2CCNC(CC#N)C2)c2cnc(N3CCOc4cccc(F)c43)c(F)c2n1. The van der Waals surface area contributed by atoms with Crippen LogP contribution in [0.2, 0.25) is 0 Å². The fourth-order valence-electron chi connectivity index (χ4n) is 4.24. The number of hydrogen-bond donors (Lipinski definition) is 1. The van der Waals surface area contributed by atoms with Gasteiger partial charge < -0.3 is 24.6 Å². The first-order valence-electron chi connectivity index (χ1n) is 10.5. The lowest BCUT2D eigenvalue weighted by atomic mass is 10.1. The fraction of sp³-hybridized carbons (Fsp3) is 0.364. The van der Waals surface area contributed by atoms with Gasteiger partial charge in [-0.05, 0) is 12.1 Å². The molecule has 1 fully saturated rings. The van der Waals surface area contributed by atoms with Gasteiger partial charge in [-0.2, -0.15) is 15.2 Å². The van der Waals surface area contributed by atoms with Gasteiger partial charge in [-0.15, -0.1) is 0 Å². The molecule has 2 aliphatic rings. The van der Waals surface area contributed by atoms with Crippen LogP contribution in [0.25, 0.3) is 10.9 Å². The molecule has 0 radical (unpaired) electrons. The monoisotopic (exact) mass is 453 g/mol. The molecule has 0 amide bonds. The largest absolute Gasteiger partial charge is 0.489 e. The summed E-state index contributed by atoms with van der Waals surface area (Å²) in [6, 6.07) is 6.61. The third kappa shape index (κ3) is 3.72. The summed E-state index contributed by atoms with van der Waals surface area (Å²) in [5.74, 6) is -0.472. The van der Waals surface area contributed by atoms with E-state index in [1.165, 1.54) is 24.3 Å². The Morgan fingerprint density at radius 3 is 2.97 bits per heavy atom. The zero-order chi connectivity index (χ0) is 22.9. The summed E-state index contributed by atoms with van der Waals surface area (Å²) >= 11 is 0. The van der Waals surface area contributed by atoms with Crippen molar-refractivity contribution in [2.24, 2.45) is 0 Å². The van der Waals surface area contributed by atoms with Crippen LogP contribution in [0.15, 0.2) is 24.4 Å². The van der Waals surface area contributed by atoms with Crippen molar-refractivity contribution in [3.05, 3.63) is 36.0 Å². The van der Waals surface area contributed by atoms with E-state index in [0.29, 0.717) is 43.0 Å². The Hall–Kier alpha value is -3.78. The maximum Gasteiger partial charge on any atom is 0.318 e. The summed E-state index contributed by atoms with van der Waals surface area (Å²) in [7, 11) is 1.41. The molecule has 1 N–H and O–H groups in total. The van der Waals surface area contributed by atoms with E-state index in [0.717, 1.165) is 0 Å². The zero-order valence-electron chi connectivity index (χ0n) is 17.9. The van der Waals surface area contributed by atoms with Gasteiger partial charge >= 0.3 is 6.01 Å². The predicted molar refractivity (Wildman–Crippen MR) is 117 cm³/mol. The Bertz CT molecular complexity index is 1250. The lowest BCUT2D eigenvalue weighted by Crippen LogP contribution is -2.51. The number of halogens is 2. The van der Waals surface area contributed by atoms with E-state index in [1.54, 1.807) is 12.1 Å². The molecule has 0 aliphatic carbocycles. The van der Waals surface area contributed by atoms with E-state index in [1.807, 2.05) is 4.90 Å². The van der Waals surface area contributed by atoms with Gasteiger partial charge in [-0.3, -0.25) is 0 Å². The van der Waals surface area contributed by atoms with Crippen molar-refractivity contribution in [3.63, 3.8) is 0 Å². The highest BCUT2D eigenvalue weighted by Crippen LogP contribution is 2.40. The van der Waals surface area contributed by atoms with Crippen molar-refractivity contribution in [1.29, 1.82) is 5.26 Å². The molecule has 9 nitrogen and oxygen atoms in total. The van der Waals surface area contributed by atoms with Crippen LogP contribution in [0.3, 0.4) is 0 Å². The van der Waals surface area contributed by atoms with Crippen molar-refractivity contribution in [1.82, 2.24) is 20.3 Å². The van der Waals surface area contributed by atoms with Gasteiger partial charge in [-0.1, -0.05) is 6.07 Å². The molecule has 1 aromatic carbocycles. The smallest absolute Gasteiger partial charge is 0.318 e. The van der Waals surface area contributed by atoms with E-state index in [2.05, 4.69) is 26.3 Å². The lowest BCUT2D eigenvalue weighted by Gasteiger charge is -2.34. The Morgan fingerprint density at radius 2 is 2.15 bits per heavy atom. The first kappa shape index (κ1) is 21.1. The van der Waals surface area contributed by atoms with Crippen LogP contribution in [0, 0.1) is 23.0 Å². The Labute approximate surface area is 188 Å². The maximum atomic E-state index is 15.9. The standard InChI is InChI=1S/C22H21F2N7O2/c1-32-22-28-18-14(20(29-22)30-8-7-26-13(12-30)5-6-25)11-27-21(17(18)24)31-9-10-33-16-4-2-3-15(23)19(16)31/h2-4,11,13,26H,5,7-10,12H2,1H3. The summed E-state index contributed by atoms with van der Waals surface area (Å²) < 4.78 is 41.3. The number of nitrogens with zero attached hydrogens (tertiary/aromatic N) is 6. The van der Waals surface area contributed by atoms with Crippen molar-refractivity contribution in [2.45, 2.75) is 12.5 Å². The number of para-hydroxylation sites is 1. The topological polar surface area (TPSA) is 99.4 Å². The third-order valence-corrected chi connectivity index (χ3v) is 5.75. The summed E-state index contributed by atoms with van der Waals surface area (Å²) in [5.41, 5.74) is 0.166. The van der Waals surface area contributed by atoms with E-state index < -0.39 is 11.6 Å². The van der Waals surface area contributed by atoms with Crippen molar-refractivity contribution in [2.75, 3.05) is 49.7 Å². The van der Waals surface area contributed by atoms with Gasteiger partial charge in [-0.25, -0.2) is 13.8 Å². The number of nitriles is 1. The molecule has 2 aromatic heterocycles. The van der Waals surface area contributed by atoms with Crippen LogP contribution in [0.4, 0.5) is 26.1 Å². The van der Waals surface area contributed by atoms with Crippen molar-refractivity contribution in [3.8, 4) is 17.8 Å². The minimum atomic E-state index is -0.700. The second kappa shape index (κ2) is 8.63. The third-order valence-electron chi connectivity index (χ3n) is 5.75. The lowest BCUT2D eigenvalue weighted by molar-refractivity contribution is 0.310. The summed E-state index contributed by atoms with van der Waals surface area (Å²) in [6.45, 7) is 2.27. The number of ether oxygens (including phenoxy) is 2. The number of pyridine rings is 1. The number of anilines is 3. The van der Waals surface area contributed by atoms with E-state index in [4.69, 9.17) is 14.7 Å². The molecule has 0 saturated carbocycles. The Morgan fingerprint density at radius 1 is 1.27 bits per heavy atom. The number of hydrogen-bond acceptors (Lipinski definition) is 9. The number of methoxy groups -OCH3 is 1. The zero-order valence-corrected chi connectivity index (χ0v) is 17.9. The second-order valence-electron chi connectivity index (χ2n) is 7.74. The van der Waals surface area contributed by atoms with E-state index in [9.17, 15) is 4.39 Å². The quantitative estimate of drug-likeness (QED) is 0.639. The maximum absolute atomic E-state index is 15.9. The molecule has 4 heterocycles. The summed E-state index contributed by atoms with van der Waals surface area (Å²) in [6.07, 6.45) is 1.84. The van der Waals surface area contributed by atoms with Gasteiger partial charge in [0.25, 0.3) is 0 Å². The Kier molecular flexibility index (Phi) is 5.51. The minimum absolute atomic E-state index is 0.0116. The van der Waals surface area contributed by atoms with Crippen molar-refractivity contribution >= 4 is 28.2 Å². The number of piperazine rings is 1. The van der Waals surface area contributed by atoms with Gasteiger partial charge in [0.15, 0.2) is 17.5 Å². The molecular weight excluding hydrogens is 432 g/mol. The minimum Gasteiger partial charge on any atom is -0.489 e. The second-order valence-corrected chi connectivity index (χ2v) is 7.74. The predicted octanol–water partition coefficient (Wildman–Crippen LogP) is 2.53. The number of nitrogens with one attached hydrogen (secondary N) is 1. The molecule has 1 saturated heterocycles. The molecule has 0 bridgehead atoms. The van der Waals surface area contributed by atoms with Crippen LogP contribution in [0.1, 0.15) is 6.42 Å². The highest BCUT2D eigenvalue weighted by Gasteiger charge is 2.29. The van der Waals surface area contributed by atoms with Crippen LogP contribution >= 0.6 is 0 Å². The first-order valence-corrected chi connectivity index (χ1v) is 10.5. The summed E-state index contributed by atoms with van der Waals surface area (Å²) in [4.78, 5) is 16.5. The molecule has 3 aromatic rings. The molecule has 2 aliphatic heterocycles. The molecular formula is C22H21F2N7O2. The van der Waals surface area contributed by atoms with Crippen molar-refractivity contribution < 1.29 is 18.3 Å². The molecule has 5 rings (SSSR count). The molecule has 1 atom stereocenters. The van der Waals surface area contributed by atoms with E-state index >= 15 is 4.39 Å². The highest BCUT2D eigenvalue weighted by atomic mass is 19.1. The highest BCUT2D eigenvalue weighted by molar-refractivity contribution is 5.92. The molecule has 1 unspecified atom stereocenters. The molecule has 170 valence electrons. The first-order chi connectivity index (χ1) is 16.1. The van der Waals surface area contributed by atoms with Gasteiger partial charge in [0.05, 0.1) is 31.5 Å². The van der Waals surface area contributed by atoms with Crippen LogP contribution < -0.4 is 24.6 Å². The molecule has 33 heavy (non-hydrogen) atoms. The fourth-order valence-corrected chi connectivity index (χ4v) is 4.24. The van der Waals surface area contributed by atoms with Crippen LogP contribution in [-0.2, 0) is 0 Å². The van der Waals surface area contributed by atoms with E-state index in [-0.39, 0.29) is 42.2 Å². The molecule has 0 spiro atoms. The number of fused-ring (bicyclic) bond motifs is 2. The average Bonchev–Trinajstić information content (AvgIpc) is 2.84. The number of aromatic nitrogens is 3. The number of benzene rings is 1. The Balaban J connectivity index is 1.62. The van der Waals surface area contributed by atoms with Gasteiger partial charge in [0, 0.05) is 31.9 Å². The average molecular weight is 453 g/mol. The summed E-state index contributed by atoms with van der Waals surface area (Å²) in [5, 5.41) is 12.8. The van der Waals surface area contributed by atoms with Crippen LogP contribution in [-0.4, -0.2) is 60.9 Å². The number of rotatable bonds is 4. The van der Waals surface area contributed by atoms with Gasteiger partial charge in [0.2, 0.25) is 0 Å². The molecule has 11 heteroatoms.